The van der Waals surface area contributed by atoms with Crippen molar-refractivity contribution in [2.75, 3.05) is 14.2 Å². The number of Topliss-reactive ketones (excluding diaryl/α,β-unsaturated/α-hetero) is 1. The van der Waals surface area contributed by atoms with E-state index < -0.39 is 23.9 Å². The second-order valence-corrected chi connectivity index (χ2v) is 6.62. The molecule has 0 radical (unpaired) electrons. The van der Waals surface area contributed by atoms with Gasteiger partial charge in [0.2, 0.25) is 0 Å². The van der Waals surface area contributed by atoms with E-state index in [9.17, 15) is 22.8 Å². The minimum atomic E-state index is -5.07. The fourth-order valence-corrected chi connectivity index (χ4v) is 3.49. The van der Waals surface area contributed by atoms with Crippen LogP contribution in [-0.2, 0) is 4.79 Å². The molecule has 0 bridgehead atoms. The molecule has 1 N–H and O–H groups in total. The minimum Gasteiger partial charge on any atom is -0.493 e. The Hall–Kier alpha value is -2.81. The molecule has 0 fully saturated rings. The predicted octanol–water partition coefficient (Wildman–Crippen LogP) is 3.76. The number of hydrogen-bond acceptors (Lipinski definition) is 5. The Morgan fingerprint density at radius 1 is 1.22 bits per heavy atom. The summed E-state index contributed by atoms with van der Waals surface area (Å²) >= 11 is 1.32. The molecule has 0 aliphatic heterocycles. The zero-order valence-corrected chi connectivity index (χ0v) is 15.0. The maximum Gasteiger partial charge on any atom is 0.471 e. The Balaban J connectivity index is 2.13. The molecular weight excluding hydrogens is 383 g/mol. The van der Waals surface area contributed by atoms with Crippen LogP contribution in [0.25, 0.3) is 6.08 Å². The third kappa shape index (κ3) is 3.55. The zero-order chi connectivity index (χ0) is 19.8. The third-order valence-electron chi connectivity index (χ3n) is 4.06. The van der Waals surface area contributed by atoms with E-state index in [0.29, 0.717) is 4.88 Å². The number of methoxy groups -OCH3 is 2. The van der Waals surface area contributed by atoms with Crippen molar-refractivity contribution in [3.05, 3.63) is 51.2 Å². The van der Waals surface area contributed by atoms with Gasteiger partial charge in [-0.3, -0.25) is 9.59 Å². The number of carbonyl (C=O) groups excluding carboxylic acids is 2. The quantitative estimate of drug-likeness (QED) is 0.798. The van der Waals surface area contributed by atoms with Crippen molar-refractivity contribution in [2.24, 2.45) is 0 Å². The molecule has 0 saturated heterocycles. The largest absolute Gasteiger partial charge is 0.493 e. The van der Waals surface area contributed by atoms with Crippen LogP contribution in [0.15, 0.2) is 35.2 Å². The lowest BCUT2D eigenvalue weighted by Gasteiger charge is -2.17. The average molecular weight is 397 g/mol. The lowest BCUT2D eigenvalue weighted by molar-refractivity contribution is -0.174. The molecule has 1 atom stereocenters. The summed E-state index contributed by atoms with van der Waals surface area (Å²) < 4.78 is 48.7. The first-order valence-corrected chi connectivity index (χ1v) is 8.57. The monoisotopic (exact) mass is 397 g/mol. The van der Waals surface area contributed by atoms with E-state index >= 15 is 0 Å². The summed E-state index contributed by atoms with van der Waals surface area (Å²) in [7, 11) is 2.75. The molecule has 27 heavy (non-hydrogen) atoms. The summed E-state index contributed by atoms with van der Waals surface area (Å²) in [4.78, 5) is 25.1. The number of halogens is 3. The Bertz CT molecular complexity index is 919. The standard InChI is InChI=1S/C18H14F3NO4S/c1-25-13-7-10-11(8-14(13)26-2)16(23)12(6-9-4-3-5-27-9)15(10)22-17(24)18(19,20)21/h3-8,15H,1-2H3,(H,22,24)/b12-6-/t15-/m1/s1. The number of rotatable bonds is 4. The number of amides is 1. The average Bonchev–Trinajstić information content (AvgIpc) is 3.22. The van der Waals surface area contributed by atoms with Crippen LogP contribution in [0.5, 0.6) is 11.5 Å². The SMILES string of the molecule is COc1cc2c(cc1OC)[C@@H](NC(=O)C(F)(F)F)/C(=C/c1cccs1)C2=O. The van der Waals surface area contributed by atoms with E-state index in [-0.39, 0.29) is 28.2 Å². The van der Waals surface area contributed by atoms with Crippen LogP contribution < -0.4 is 14.8 Å². The van der Waals surface area contributed by atoms with E-state index in [1.54, 1.807) is 17.5 Å². The van der Waals surface area contributed by atoms with Crippen molar-refractivity contribution < 1.29 is 32.2 Å². The number of carbonyl (C=O) groups is 2. The maximum atomic E-state index is 12.8. The van der Waals surface area contributed by atoms with Crippen LogP contribution in [0.2, 0.25) is 0 Å². The highest BCUT2D eigenvalue weighted by molar-refractivity contribution is 7.10. The molecule has 1 amide bonds. The van der Waals surface area contributed by atoms with E-state index in [1.165, 1.54) is 43.8 Å². The number of thiophene rings is 1. The number of alkyl halides is 3. The lowest BCUT2D eigenvalue weighted by atomic mass is 10.0. The molecule has 1 aromatic carbocycles. The van der Waals surface area contributed by atoms with Crippen LogP contribution in [0, 0.1) is 0 Å². The summed E-state index contributed by atoms with van der Waals surface area (Å²) in [6.45, 7) is 0. The predicted molar refractivity (Wildman–Crippen MR) is 93.1 cm³/mol. The van der Waals surface area contributed by atoms with Crippen molar-refractivity contribution in [1.29, 1.82) is 0 Å². The highest BCUT2D eigenvalue weighted by Crippen LogP contribution is 2.43. The highest BCUT2D eigenvalue weighted by Gasteiger charge is 2.44. The number of benzene rings is 1. The van der Waals surface area contributed by atoms with Crippen molar-refractivity contribution >= 4 is 29.1 Å². The van der Waals surface area contributed by atoms with Crippen molar-refractivity contribution in [1.82, 2.24) is 5.32 Å². The molecule has 1 aliphatic rings. The molecule has 2 aromatic rings. The van der Waals surface area contributed by atoms with E-state index in [2.05, 4.69) is 0 Å². The number of nitrogens with one attached hydrogen (secondary N) is 1. The Morgan fingerprint density at radius 2 is 1.89 bits per heavy atom. The van der Waals surface area contributed by atoms with Crippen molar-refractivity contribution in [3.63, 3.8) is 0 Å². The summed E-state index contributed by atoms with van der Waals surface area (Å²) in [5.41, 5.74) is 0.418. The normalized spacial score (nSPS) is 17.7. The van der Waals surface area contributed by atoms with Crippen molar-refractivity contribution in [2.45, 2.75) is 12.2 Å². The molecule has 1 heterocycles. The second kappa shape index (κ2) is 7.07. The molecule has 1 aromatic heterocycles. The summed E-state index contributed by atoms with van der Waals surface area (Å²) in [5, 5.41) is 3.68. The van der Waals surface area contributed by atoms with E-state index in [0.717, 1.165) is 0 Å². The molecule has 0 saturated carbocycles. The number of ketones is 1. The van der Waals surface area contributed by atoms with Gasteiger partial charge in [0, 0.05) is 16.0 Å². The van der Waals surface area contributed by atoms with E-state index in [1.807, 2.05) is 5.32 Å². The minimum absolute atomic E-state index is 0.0420. The van der Waals surface area contributed by atoms with Crippen LogP contribution in [-0.4, -0.2) is 32.1 Å². The van der Waals surface area contributed by atoms with Crippen LogP contribution >= 0.6 is 11.3 Å². The van der Waals surface area contributed by atoms with Gasteiger partial charge in [-0.1, -0.05) is 6.07 Å². The molecule has 9 heteroatoms. The van der Waals surface area contributed by atoms with Crippen LogP contribution in [0.4, 0.5) is 13.2 Å². The van der Waals surface area contributed by atoms with Gasteiger partial charge in [-0.2, -0.15) is 13.2 Å². The Morgan fingerprint density at radius 3 is 2.44 bits per heavy atom. The molecule has 142 valence electrons. The summed E-state index contributed by atoms with van der Waals surface area (Å²) in [5.74, 6) is -2.10. The van der Waals surface area contributed by atoms with Crippen LogP contribution in [0.1, 0.15) is 26.8 Å². The first-order valence-electron chi connectivity index (χ1n) is 7.69. The number of hydrogen-bond donors (Lipinski definition) is 1. The first-order chi connectivity index (χ1) is 12.8. The zero-order valence-electron chi connectivity index (χ0n) is 14.2. The number of ether oxygens (including phenoxy) is 2. The van der Waals surface area contributed by atoms with Gasteiger partial charge in [0.25, 0.3) is 0 Å². The summed E-state index contributed by atoms with van der Waals surface area (Å²) in [6, 6.07) is 5.03. The van der Waals surface area contributed by atoms with Crippen LogP contribution in [0.3, 0.4) is 0 Å². The molecule has 0 spiro atoms. The Kier molecular flexibility index (Phi) is 4.97. The fraction of sp³-hybridized carbons (Fsp3) is 0.222. The molecule has 3 rings (SSSR count). The van der Waals surface area contributed by atoms with Gasteiger partial charge in [-0.25, -0.2) is 0 Å². The third-order valence-corrected chi connectivity index (χ3v) is 4.88. The second-order valence-electron chi connectivity index (χ2n) is 5.64. The fourth-order valence-electron chi connectivity index (χ4n) is 2.83. The number of fused-ring (bicyclic) bond motifs is 1. The topological polar surface area (TPSA) is 64.6 Å². The van der Waals surface area contributed by atoms with Gasteiger partial charge in [-0.15, -0.1) is 11.3 Å². The highest BCUT2D eigenvalue weighted by atomic mass is 32.1. The summed E-state index contributed by atoms with van der Waals surface area (Å²) in [6.07, 6.45) is -3.59. The Labute approximate surface area is 156 Å². The molecule has 1 aliphatic carbocycles. The van der Waals surface area contributed by atoms with Gasteiger partial charge in [0.1, 0.15) is 0 Å². The van der Waals surface area contributed by atoms with Gasteiger partial charge >= 0.3 is 12.1 Å². The lowest BCUT2D eigenvalue weighted by Crippen LogP contribution is -2.39. The molecule has 0 unspecified atom stereocenters. The van der Waals surface area contributed by atoms with Gasteiger partial charge in [0.05, 0.1) is 20.3 Å². The van der Waals surface area contributed by atoms with E-state index in [4.69, 9.17) is 9.47 Å². The maximum absolute atomic E-state index is 12.8. The molecular formula is C18H14F3NO4S. The smallest absolute Gasteiger partial charge is 0.471 e. The van der Waals surface area contributed by atoms with Gasteiger partial charge < -0.3 is 14.8 Å². The van der Waals surface area contributed by atoms with Gasteiger partial charge in [-0.05, 0) is 35.2 Å². The molecule has 5 nitrogen and oxygen atoms in total. The first kappa shape index (κ1) is 19.0. The van der Waals surface area contributed by atoms with Gasteiger partial charge in [0.15, 0.2) is 17.3 Å². The van der Waals surface area contributed by atoms with Crippen molar-refractivity contribution in [3.8, 4) is 11.5 Å².